The molecule has 7 heteroatoms. The second kappa shape index (κ2) is 8.18. The van der Waals surface area contributed by atoms with Crippen LogP contribution in [0.2, 0.25) is 0 Å². The van der Waals surface area contributed by atoms with Crippen molar-refractivity contribution in [3.8, 4) is 0 Å². The molecule has 3 rings (SSSR count). The Labute approximate surface area is 168 Å². The second-order valence-corrected chi connectivity index (χ2v) is 6.99. The van der Waals surface area contributed by atoms with Gasteiger partial charge in [-0.2, -0.15) is 0 Å². The Balaban J connectivity index is 2.13. The number of likely N-dealkylation sites (tertiary alicyclic amines) is 1. The number of carboxylic acid groups (broad SMARTS) is 1. The molecule has 2 aromatic rings. The van der Waals surface area contributed by atoms with E-state index in [9.17, 15) is 19.5 Å². The summed E-state index contributed by atoms with van der Waals surface area (Å²) >= 11 is 0. The Bertz CT molecular complexity index is 964. The molecule has 1 saturated heterocycles. The first-order chi connectivity index (χ1) is 13.8. The highest BCUT2D eigenvalue weighted by Gasteiger charge is 2.46. The molecule has 0 aliphatic carbocycles. The van der Waals surface area contributed by atoms with E-state index in [1.54, 1.807) is 42.5 Å². The lowest BCUT2D eigenvalue weighted by atomic mass is 9.95. The zero-order chi connectivity index (χ0) is 21.1. The van der Waals surface area contributed by atoms with E-state index in [2.05, 4.69) is 0 Å². The van der Waals surface area contributed by atoms with Gasteiger partial charge in [-0.3, -0.25) is 14.4 Å². The Kier molecular flexibility index (Phi) is 5.68. The molecule has 1 amide bonds. The molecule has 29 heavy (non-hydrogen) atoms. The van der Waals surface area contributed by atoms with E-state index in [1.165, 1.54) is 4.90 Å². The summed E-state index contributed by atoms with van der Waals surface area (Å²) < 4.78 is 0. The van der Waals surface area contributed by atoms with Crippen molar-refractivity contribution >= 4 is 29.1 Å². The summed E-state index contributed by atoms with van der Waals surface area (Å²) in [5, 5.41) is 19.9. The Morgan fingerprint density at radius 3 is 2.17 bits per heavy atom. The number of carboxylic acids is 1. The van der Waals surface area contributed by atoms with Crippen LogP contribution in [-0.4, -0.2) is 53.4 Å². The molecule has 0 spiro atoms. The van der Waals surface area contributed by atoms with Gasteiger partial charge in [0.15, 0.2) is 0 Å². The number of amides is 1. The Hall–Kier alpha value is -3.61. The number of aliphatic hydroxyl groups excluding tert-OH is 1. The molecule has 0 saturated carbocycles. The monoisotopic (exact) mass is 394 g/mol. The average molecular weight is 394 g/mol. The molecule has 2 N–H and O–H groups in total. The normalized spacial score (nSPS) is 18.1. The SMILES string of the molecule is CN(C)c1ccc(C2C(=C(O)c3ccccc3)C(=O)C(=O)N2CCC(=O)O)cc1. The van der Waals surface area contributed by atoms with E-state index in [1.807, 2.05) is 31.1 Å². The van der Waals surface area contributed by atoms with E-state index in [-0.39, 0.29) is 24.3 Å². The first-order valence-corrected chi connectivity index (χ1v) is 9.14. The zero-order valence-corrected chi connectivity index (χ0v) is 16.2. The van der Waals surface area contributed by atoms with Crippen LogP contribution >= 0.6 is 0 Å². The second-order valence-electron chi connectivity index (χ2n) is 6.99. The number of nitrogens with zero attached hydrogens (tertiary/aromatic N) is 2. The minimum atomic E-state index is -1.07. The van der Waals surface area contributed by atoms with Crippen LogP contribution in [0.4, 0.5) is 5.69 Å². The number of ketones is 1. The van der Waals surface area contributed by atoms with Crippen LogP contribution in [0.15, 0.2) is 60.2 Å². The third kappa shape index (κ3) is 3.99. The first kappa shape index (κ1) is 20.1. The quantitative estimate of drug-likeness (QED) is 0.444. The van der Waals surface area contributed by atoms with E-state index in [0.29, 0.717) is 11.1 Å². The van der Waals surface area contributed by atoms with Crippen molar-refractivity contribution in [1.82, 2.24) is 4.90 Å². The number of Topliss-reactive ketones (excluding diaryl/α,β-unsaturated/α-hetero) is 1. The summed E-state index contributed by atoms with van der Waals surface area (Å²) in [6.07, 6.45) is -0.301. The highest BCUT2D eigenvalue weighted by atomic mass is 16.4. The predicted molar refractivity (Wildman–Crippen MR) is 108 cm³/mol. The van der Waals surface area contributed by atoms with Crippen molar-refractivity contribution in [1.29, 1.82) is 0 Å². The lowest BCUT2D eigenvalue weighted by Crippen LogP contribution is -2.31. The molecule has 7 nitrogen and oxygen atoms in total. The van der Waals surface area contributed by atoms with Gasteiger partial charge in [0.1, 0.15) is 5.76 Å². The molecule has 0 bridgehead atoms. The van der Waals surface area contributed by atoms with Crippen LogP contribution in [0.3, 0.4) is 0 Å². The van der Waals surface area contributed by atoms with Gasteiger partial charge in [-0.05, 0) is 17.7 Å². The van der Waals surface area contributed by atoms with Gasteiger partial charge in [0.05, 0.1) is 18.0 Å². The molecule has 0 radical (unpaired) electrons. The Morgan fingerprint density at radius 2 is 1.62 bits per heavy atom. The lowest BCUT2D eigenvalue weighted by Gasteiger charge is -2.25. The molecule has 1 unspecified atom stereocenters. The van der Waals surface area contributed by atoms with Gasteiger partial charge in [-0.1, -0.05) is 42.5 Å². The van der Waals surface area contributed by atoms with Crippen molar-refractivity contribution in [3.05, 3.63) is 71.3 Å². The number of carbonyl (C=O) groups is 3. The molecule has 150 valence electrons. The predicted octanol–water partition coefficient (Wildman–Crippen LogP) is 2.65. The summed E-state index contributed by atoms with van der Waals surface area (Å²) in [6, 6.07) is 14.9. The third-order valence-electron chi connectivity index (χ3n) is 4.88. The lowest BCUT2D eigenvalue weighted by molar-refractivity contribution is -0.142. The largest absolute Gasteiger partial charge is 0.507 e. The number of aliphatic hydroxyl groups is 1. The molecule has 1 heterocycles. The maximum absolute atomic E-state index is 12.8. The number of hydrogen-bond acceptors (Lipinski definition) is 5. The highest BCUT2D eigenvalue weighted by molar-refractivity contribution is 6.46. The van der Waals surface area contributed by atoms with Crippen LogP contribution in [-0.2, 0) is 14.4 Å². The van der Waals surface area contributed by atoms with Crippen LogP contribution in [0.25, 0.3) is 5.76 Å². The fourth-order valence-electron chi connectivity index (χ4n) is 3.38. The molecular formula is C22H22N2O5. The first-order valence-electron chi connectivity index (χ1n) is 9.14. The van der Waals surface area contributed by atoms with Gasteiger partial charge < -0.3 is 20.0 Å². The summed E-state index contributed by atoms with van der Waals surface area (Å²) in [7, 11) is 3.78. The molecular weight excluding hydrogens is 372 g/mol. The van der Waals surface area contributed by atoms with Crippen molar-refractivity contribution in [2.75, 3.05) is 25.5 Å². The maximum Gasteiger partial charge on any atom is 0.305 e. The fourth-order valence-corrected chi connectivity index (χ4v) is 3.38. The molecule has 2 aromatic carbocycles. The van der Waals surface area contributed by atoms with E-state index >= 15 is 0 Å². The van der Waals surface area contributed by atoms with E-state index < -0.39 is 23.7 Å². The number of anilines is 1. The molecule has 1 aliphatic heterocycles. The number of benzene rings is 2. The molecule has 1 fully saturated rings. The number of aliphatic carboxylic acids is 1. The smallest absolute Gasteiger partial charge is 0.305 e. The van der Waals surface area contributed by atoms with Crippen LogP contribution in [0.5, 0.6) is 0 Å². The fraction of sp³-hybridized carbons (Fsp3) is 0.227. The summed E-state index contributed by atoms with van der Waals surface area (Å²) in [4.78, 5) is 39.6. The van der Waals surface area contributed by atoms with Crippen molar-refractivity contribution < 1.29 is 24.6 Å². The minimum Gasteiger partial charge on any atom is -0.507 e. The standard InChI is InChI=1S/C22H22N2O5/c1-23(2)16-10-8-14(9-11-16)19-18(20(27)15-6-4-3-5-7-15)21(28)22(29)24(19)13-12-17(25)26/h3-11,19,27H,12-13H2,1-2H3,(H,25,26). The average Bonchev–Trinajstić information content (AvgIpc) is 2.97. The summed E-state index contributed by atoms with van der Waals surface area (Å²) in [6.45, 7) is -0.133. The van der Waals surface area contributed by atoms with E-state index in [0.717, 1.165) is 5.69 Å². The van der Waals surface area contributed by atoms with Gasteiger partial charge in [0.2, 0.25) is 0 Å². The van der Waals surface area contributed by atoms with Crippen LogP contribution in [0.1, 0.15) is 23.6 Å². The van der Waals surface area contributed by atoms with Gasteiger partial charge in [0, 0.05) is 31.9 Å². The maximum atomic E-state index is 12.8. The van der Waals surface area contributed by atoms with Crippen LogP contribution < -0.4 is 4.90 Å². The van der Waals surface area contributed by atoms with Crippen molar-refractivity contribution in [2.45, 2.75) is 12.5 Å². The van der Waals surface area contributed by atoms with Crippen molar-refractivity contribution in [2.24, 2.45) is 0 Å². The number of rotatable bonds is 6. The van der Waals surface area contributed by atoms with Gasteiger partial charge >= 0.3 is 5.97 Å². The number of hydrogen-bond donors (Lipinski definition) is 2. The third-order valence-corrected chi connectivity index (χ3v) is 4.88. The molecule has 0 aromatic heterocycles. The van der Waals surface area contributed by atoms with Gasteiger partial charge in [-0.15, -0.1) is 0 Å². The highest BCUT2D eigenvalue weighted by Crippen LogP contribution is 2.39. The zero-order valence-electron chi connectivity index (χ0n) is 16.2. The van der Waals surface area contributed by atoms with Gasteiger partial charge in [-0.25, -0.2) is 0 Å². The topological polar surface area (TPSA) is 98.2 Å². The summed E-state index contributed by atoms with van der Waals surface area (Å²) in [5.41, 5.74) is 1.93. The minimum absolute atomic E-state index is 0.0378. The summed E-state index contributed by atoms with van der Waals surface area (Å²) in [5.74, 6) is -2.98. The van der Waals surface area contributed by atoms with E-state index in [4.69, 9.17) is 5.11 Å². The van der Waals surface area contributed by atoms with Crippen molar-refractivity contribution in [3.63, 3.8) is 0 Å². The molecule has 1 aliphatic rings. The van der Waals surface area contributed by atoms with Crippen LogP contribution in [0, 0.1) is 0 Å². The molecule has 1 atom stereocenters. The number of carbonyl (C=O) groups excluding carboxylic acids is 2. The Morgan fingerprint density at radius 1 is 1.00 bits per heavy atom. The van der Waals surface area contributed by atoms with Gasteiger partial charge in [0.25, 0.3) is 11.7 Å².